The SMILES string of the molecule is O=C(c1cncs1)N1CCC[C@H](c2ncc(Cc3cccc(F)c3)o2)C1. The van der Waals surface area contributed by atoms with Crippen LogP contribution in [-0.4, -0.2) is 33.9 Å². The maximum absolute atomic E-state index is 13.3. The fraction of sp³-hybridized carbons (Fsp3) is 0.316. The Morgan fingerprint density at radius 3 is 3.12 bits per heavy atom. The summed E-state index contributed by atoms with van der Waals surface area (Å²) < 4.78 is 19.2. The van der Waals surface area contributed by atoms with E-state index in [9.17, 15) is 9.18 Å². The highest BCUT2D eigenvalue weighted by atomic mass is 32.1. The quantitative estimate of drug-likeness (QED) is 0.698. The van der Waals surface area contributed by atoms with Crippen LogP contribution < -0.4 is 0 Å². The van der Waals surface area contributed by atoms with Gasteiger partial charge in [0.05, 0.1) is 23.8 Å². The number of halogens is 1. The number of oxazole rings is 1. The number of aromatic nitrogens is 2. The first-order valence-electron chi connectivity index (χ1n) is 8.56. The number of piperidine rings is 1. The van der Waals surface area contributed by atoms with Gasteiger partial charge in [0.25, 0.3) is 5.91 Å². The summed E-state index contributed by atoms with van der Waals surface area (Å²) in [5.41, 5.74) is 2.51. The molecule has 3 heterocycles. The minimum atomic E-state index is -0.258. The van der Waals surface area contributed by atoms with E-state index in [1.807, 2.05) is 11.0 Å². The Kier molecular flexibility index (Phi) is 4.79. The second-order valence-electron chi connectivity index (χ2n) is 6.43. The van der Waals surface area contributed by atoms with Crippen LogP contribution in [0, 0.1) is 5.82 Å². The molecule has 1 aliphatic heterocycles. The monoisotopic (exact) mass is 371 g/mol. The molecular weight excluding hydrogens is 353 g/mol. The van der Waals surface area contributed by atoms with E-state index in [2.05, 4.69) is 9.97 Å². The van der Waals surface area contributed by atoms with Gasteiger partial charge in [-0.3, -0.25) is 9.78 Å². The van der Waals surface area contributed by atoms with Crippen LogP contribution in [0.5, 0.6) is 0 Å². The summed E-state index contributed by atoms with van der Waals surface area (Å²) in [6, 6.07) is 6.47. The Balaban J connectivity index is 1.44. The van der Waals surface area contributed by atoms with E-state index < -0.39 is 0 Å². The lowest BCUT2D eigenvalue weighted by atomic mass is 9.98. The Morgan fingerprint density at radius 1 is 1.38 bits per heavy atom. The number of benzene rings is 1. The minimum absolute atomic E-state index is 0.0174. The summed E-state index contributed by atoms with van der Waals surface area (Å²) in [7, 11) is 0. The Bertz CT molecular complexity index is 894. The second kappa shape index (κ2) is 7.37. The predicted molar refractivity (Wildman–Crippen MR) is 95.7 cm³/mol. The van der Waals surface area contributed by atoms with Crippen LogP contribution in [0.25, 0.3) is 0 Å². The van der Waals surface area contributed by atoms with E-state index in [-0.39, 0.29) is 17.6 Å². The summed E-state index contributed by atoms with van der Waals surface area (Å²) in [5.74, 6) is 1.20. The van der Waals surface area contributed by atoms with Gasteiger partial charge < -0.3 is 9.32 Å². The van der Waals surface area contributed by atoms with Gasteiger partial charge in [-0.2, -0.15) is 0 Å². The molecule has 1 fully saturated rings. The summed E-state index contributed by atoms with van der Waals surface area (Å²) in [4.78, 5) is 23.4. The number of likely N-dealkylation sites (tertiary alicyclic amines) is 1. The summed E-state index contributed by atoms with van der Waals surface area (Å²) in [5, 5.41) is 0. The minimum Gasteiger partial charge on any atom is -0.445 e. The first kappa shape index (κ1) is 16.9. The van der Waals surface area contributed by atoms with Crippen LogP contribution >= 0.6 is 11.3 Å². The molecule has 1 aromatic carbocycles. The van der Waals surface area contributed by atoms with Gasteiger partial charge in [0.15, 0.2) is 5.89 Å². The van der Waals surface area contributed by atoms with Crippen LogP contribution in [0.15, 0.2) is 46.6 Å². The third kappa shape index (κ3) is 3.67. The lowest BCUT2D eigenvalue weighted by molar-refractivity contribution is 0.0702. The fourth-order valence-corrected chi connectivity index (χ4v) is 3.87. The number of hydrogen-bond acceptors (Lipinski definition) is 5. The highest BCUT2D eigenvalue weighted by Crippen LogP contribution is 2.28. The number of rotatable bonds is 4. The summed E-state index contributed by atoms with van der Waals surface area (Å²) in [6.07, 6.45) is 5.66. The van der Waals surface area contributed by atoms with Crippen molar-refractivity contribution >= 4 is 17.2 Å². The smallest absolute Gasteiger partial charge is 0.265 e. The van der Waals surface area contributed by atoms with Crippen LogP contribution in [0.1, 0.15) is 45.6 Å². The predicted octanol–water partition coefficient (Wildman–Crippen LogP) is 3.88. The number of amides is 1. The zero-order valence-corrected chi connectivity index (χ0v) is 14.9. The lowest BCUT2D eigenvalue weighted by Crippen LogP contribution is -2.38. The van der Waals surface area contributed by atoms with Gasteiger partial charge in [-0.25, -0.2) is 9.37 Å². The number of carbonyl (C=O) groups is 1. The first-order chi connectivity index (χ1) is 12.7. The van der Waals surface area contributed by atoms with Crippen molar-refractivity contribution in [2.75, 3.05) is 13.1 Å². The molecular formula is C19H18FN3O2S. The first-order valence-corrected chi connectivity index (χ1v) is 9.44. The van der Waals surface area contributed by atoms with Gasteiger partial charge in [-0.1, -0.05) is 12.1 Å². The average molecular weight is 371 g/mol. The van der Waals surface area contributed by atoms with E-state index in [0.717, 1.165) is 24.9 Å². The van der Waals surface area contributed by atoms with Crippen LogP contribution in [0.4, 0.5) is 4.39 Å². The lowest BCUT2D eigenvalue weighted by Gasteiger charge is -2.30. The molecule has 0 bridgehead atoms. The van der Waals surface area contributed by atoms with Crippen molar-refractivity contribution in [1.29, 1.82) is 0 Å². The number of carbonyl (C=O) groups excluding carboxylic acids is 1. The maximum Gasteiger partial charge on any atom is 0.265 e. The van der Waals surface area contributed by atoms with Crippen LogP contribution in [0.2, 0.25) is 0 Å². The van der Waals surface area contributed by atoms with E-state index in [1.54, 1.807) is 24.0 Å². The zero-order valence-electron chi connectivity index (χ0n) is 14.1. The summed E-state index contributed by atoms with van der Waals surface area (Å²) in [6.45, 7) is 1.33. The molecule has 0 N–H and O–H groups in total. The van der Waals surface area contributed by atoms with Gasteiger partial charge in [-0.05, 0) is 30.5 Å². The molecule has 1 amide bonds. The second-order valence-corrected chi connectivity index (χ2v) is 7.31. The molecule has 1 aliphatic rings. The van der Waals surface area contributed by atoms with Crippen molar-refractivity contribution in [3.63, 3.8) is 0 Å². The van der Waals surface area contributed by atoms with Crippen molar-refractivity contribution in [2.45, 2.75) is 25.2 Å². The molecule has 0 spiro atoms. The molecule has 7 heteroatoms. The highest BCUT2D eigenvalue weighted by molar-refractivity contribution is 7.11. The van der Waals surface area contributed by atoms with E-state index in [1.165, 1.54) is 23.5 Å². The van der Waals surface area contributed by atoms with Crippen LogP contribution in [-0.2, 0) is 6.42 Å². The molecule has 0 saturated carbocycles. The molecule has 5 nitrogen and oxygen atoms in total. The molecule has 3 aromatic rings. The molecule has 1 saturated heterocycles. The van der Waals surface area contributed by atoms with Crippen molar-refractivity contribution in [3.05, 3.63) is 70.1 Å². The topological polar surface area (TPSA) is 59.2 Å². The van der Waals surface area contributed by atoms with Crippen molar-refractivity contribution in [2.24, 2.45) is 0 Å². The van der Waals surface area contributed by atoms with Crippen molar-refractivity contribution in [1.82, 2.24) is 14.9 Å². The number of nitrogens with zero attached hydrogens (tertiary/aromatic N) is 3. The van der Waals surface area contributed by atoms with E-state index >= 15 is 0 Å². The van der Waals surface area contributed by atoms with E-state index in [0.29, 0.717) is 29.5 Å². The zero-order chi connectivity index (χ0) is 17.9. The third-order valence-corrected chi connectivity index (χ3v) is 5.30. The van der Waals surface area contributed by atoms with E-state index in [4.69, 9.17) is 4.42 Å². The normalized spacial score (nSPS) is 17.4. The molecule has 0 radical (unpaired) electrons. The van der Waals surface area contributed by atoms with Crippen LogP contribution in [0.3, 0.4) is 0 Å². The largest absolute Gasteiger partial charge is 0.445 e. The molecule has 1 atom stereocenters. The van der Waals surface area contributed by atoms with Gasteiger partial charge in [0, 0.05) is 19.5 Å². The fourth-order valence-electron chi connectivity index (χ4n) is 3.28. The van der Waals surface area contributed by atoms with Gasteiger partial charge >= 0.3 is 0 Å². The third-order valence-electron chi connectivity index (χ3n) is 4.54. The van der Waals surface area contributed by atoms with Crippen molar-refractivity contribution < 1.29 is 13.6 Å². The van der Waals surface area contributed by atoms with Crippen molar-refractivity contribution in [3.8, 4) is 0 Å². The standard InChI is InChI=1S/C19H18FN3O2S/c20-15-5-1-3-13(7-15)8-16-9-22-18(25-16)14-4-2-6-23(11-14)19(24)17-10-21-12-26-17/h1,3,5,7,9-10,12,14H,2,4,6,8,11H2/t14-/m0/s1. The Hall–Kier alpha value is -2.54. The van der Waals surface area contributed by atoms with Gasteiger partial charge in [0.1, 0.15) is 16.5 Å². The maximum atomic E-state index is 13.3. The molecule has 0 unspecified atom stereocenters. The number of hydrogen-bond donors (Lipinski definition) is 0. The highest BCUT2D eigenvalue weighted by Gasteiger charge is 2.28. The average Bonchev–Trinajstić information content (AvgIpc) is 3.33. The summed E-state index contributed by atoms with van der Waals surface area (Å²) >= 11 is 1.36. The molecule has 2 aromatic heterocycles. The molecule has 134 valence electrons. The molecule has 26 heavy (non-hydrogen) atoms. The Labute approximate surface area is 154 Å². The molecule has 4 rings (SSSR count). The molecule has 0 aliphatic carbocycles. The number of thiazole rings is 1. The van der Waals surface area contributed by atoms with Gasteiger partial charge in [-0.15, -0.1) is 11.3 Å². The van der Waals surface area contributed by atoms with Gasteiger partial charge in [0.2, 0.25) is 0 Å². The Morgan fingerprint density at radius 2 is 2.31 bits per heavy atom.